The molecule has 0 aliphatic heterocycles. The van der Waals surface area contributed by atoms with E-state index in [1.165, 1.54) is 12.1 Å². The monoisotopic (exact) mass is 345 g/mol. The highest BCUT2D eigenvalue weighted by atomic mass is 79.9. The van der Waals surface area contributed by atoms with E-state index in [2.05, 4.69) is 21.2 Å². The van der Waals surface area contributed by atoms with Crippen LogP contribution in [0.5, 0.6) is 0 Å². The molecule has 0 saturated carbocycles. The highest BCUT2D eigenvalue weighted by molar-refractivity contribution is 9.10. The maximum atomic E-state index is 13.6. The molecule has 1 N–H and O–H groups in total. The Bertz CT molecular complexity index is 604. The number of halogens is 4. The maximum Gasteiger partial charge on any atom is 0.181 e. The predicted molar refractivity (Wildman–Crippen MR) is 77.5 cm³/mol. The second-order valence-electron chi connectivity index (χ2n) is 4.13. The van der Waals surface area contributed by atoms with Crippen molar-refractivity contribution in [1.29, 1.82) is 0 Å². The van der Waals surface area contributed by atoms with Crippen LogP contribution in [0.1, 0.15) is 18.5 Å². The summed E-state index contributed by atoms with van der Waals surface area (Å²) in [6.45, 7) is 1.83. The summed E-state index contributed by atoms with van der Waals surface area (Å²) < 4.78 is 27.5. The lowest BCUT2D eigenvalue weighted by molar-refractivity contribution is 0.510. The third-order valence-electron chi connectivity index (χ3n) is 2.75. The van der Waals surface area contributed by atoms with E-state index in [1.54, 1.807) is 6.07 Å². The third kappa shape index (κ3) is 3.25. The molecule has 5 heteroatoms. The molecular weight excluding hydrogens is 336 g/mol. The summed E-state index contributed by atoms with van der Waals surface area (Å²) >= 11 is 9.44. The topological polar surface area (TPSA) is 12.0 Å². The first-order valence-corrected chi connectivity index (χ1v) is 6.81. The number of benzene rings is 2. The molecule has 0 aromatic heterocycles. The van der Waals surface area contributed by atoms with Gasteiger partial charge in [-0.25, -0.2) is 8.78 Å². The molecule has 1 atom stereocenters. The molecule has 0 aliphatic carbocycles. The van der Waals surface area contributed by atoms with Crippen molar-refractivity contribution in [1.82, 2.24) is 0 Å². The standard InChI is InChI=1S/C14H11BrClF2N/c1-8(10-6-5-9(15)7-11(10)16)19-13-4-2-3-12(17)14(13)18/h2-8,19H,1H3. The van der Waals surface area contributed by atoms with E-state index in [1.807, 2.05) is 19.1 Å². The SMILES string of the molecule is CC(Nc1cccc(F)c1F)c1ccc(Br)cc1Cl. The first kappa shape index (κ1) is 14.3. The minimum atomic E-state index is -0.886. The summed E-state index contributed by atoms with van der Waals surface area (Å²) in [6.07, 6.45) is 0. The van der Waals surface area contributed by atoms with E-state index in [9.17, 15) is 8.78 Å². The van der Waals surface area contributed by atoms with Gasteiger partial charge in [-0.15, -0.1) is 0 Å². The lowest BCUT2D eigenvalue weighted by Gasteiger charge is -2.17. The minimum absolute atomic E-state index is 0.117. The Hall–Kier alpha value is -1.13. The van der Waals surface area contributed by atoms with Crippen LogP contribution in [-0.2, 0) is 0 Å². The average molecular weight is 347 g/mol. The molecule has 2 rings (SSSR count). The Balaban J connectivity index is 2.25. The number of anilines is 1. The number of hydrogen-bond donors (Lipinski definition) is 1. The first-order chi connectivity index (χ1) is 8.99. The Labute approximate surface area is 123 Å². The fourth-order valence-electron chi connectivity index (χ4n) is 1.78. The Kier molecular flexibility index (Phi) is 4.42. The van der Waals surface area contributed by atoms with E-state index < -0.39 is 11.6 Å². The molecular formula is C14H11BrClF2N. The van der Waals surface area contributed by atoms with E-state index in [0.29, 0.717) is 5.02 Å². The molecule has 1 nitrogen and oxygen atoms in total. The van der Waals surface area contributed by atoms with Crippen LogP contribution in [0, 0.1) is 11.6 Å². The van der Waals surface area contributed by atoms with Crippen molar-refractivity contribution in [3.63, 3.8) is 0 Å². The van der Waals surface area contributed by atoms with Crippen LogP contribution in [0.4, 0.5) is 14.5 Å². The molecule has 1 unspecified atom stereocenters. The number of hydrogen-bond acceptors (Lipinski definition) is 1. The van der Waals surface area contributed by atoms with Crippen LogP contribution in [0.15, 0.2) is 40.9 Å². The predicted octanol–water partition coefficient (Wildman–Crippen LogP) is 5.55. The first-order valence-electron chi connectivity index (χ1n) is 5.64. The van der Waals surface area contributed by atoms with E-state index in [-0.39, 0.29) is 11.7 Å². The van der Waals surface area contributed by atoms with E-state index in [0.717, 1.165) is 16.1 Å². The van der Waals surface area contributed by atoms with Crippen molar-refractivity contribution in [2.45, 2.75) is 13.0 Å². The summed E-state index contributed by atoms with van der Waals surface area (Å²) in [5.41, 5.74) is 0.931. The van der Waals surface area contributed by atoms with Gasteiger partial charge in [0.15, 0.2) is 11.6 Å². The van der Waals surface area contributed by atoms with Gasteiger partial charge in [0.1, 0.15) is 0 Å². The van der Waals surface area contributed by atoms with Crippen molar-refractivity contribution >= 4 is 33.2 Å². The van der Waals surface area contributed by atoms with Gasteiger partial charge in [-0.2, -0.15) is 0 Å². The Morgan fingerprint density at radius 3 is 2.63 bits per heavy atom. The van der Waals surface area contributed by atoms with Gasteiger partial charge in [-0.05, 0) is 36.8 Å². The average Bonchev–Trinajstić information content (AvgIpc) is 2.34. The Morgan fingerprint density at radius 2 is 1.95 bits per heavy atom. The van der Waals surface area contributed by atoms with Crippen LogP contribution < -0.4 is 5.32 Å². The molecule has 0 heterocycles. The van der Waals surface area contributed by atoms with Gasteiger partial charge in [0.25, 0.3) is 0 Å². The fraction of sp³-hybridized carbons (Fsp3) is 0.143. The molecule has 0 spiro atoms. The van der Waals surface area contributed by atoms with E-state index >= 15 is 0 Å². The summed E-state index contributed by atoms with van der Waals surface area (Å²) in [5.74, 6) is -1.76. The van der Waals surface area contributed by atoms with Crippen LogP contribution in [0.2, 0.25) is 5.02 Å². The largest absolute Gasteiger partial charge is 0.376 e. The van der Waals surface area contributed by atoms with Crippen molar-refractivity contribution in [3.8, 4) is 0 Å². The highest BCUT2D eigenvalue weighted by Crippen LogP contribution is 2.29. The molecule has 0 saturated heterocycles. The van der Waals surface area contributed by atoms with Gasteiger partial charge in [0, 0.05) is 9.50 Å². The van der Waals surface area contributed by atoms with Gasteiger partial charge in [-0.3, -0.25) is 0 Å². The lowest BCUT2D eigenvalue weighted by atomic mass is 10.1. The molecule has 0 amide bonds. The van der Waals surface area contributed by atoms with Crippen molar-refractivity contribution in [2.75, 3.05) is 5.32 Å². The summed E-state index contributed by atoms with van der Waals surface area (Å²) in [4.78, 5) is 0. The van der Waals surface area contributed by atoms with Crippen LogP contribution >= 0.6 is 27.5 Å². The molecule has 2 aromatic carbocycles. The minimum Gasteiger partial charge on any atom is -0.376 e. The van der Waals surface area contributed by atoms with Crippen molar-refractivity contribution < 1.29 is 8.78 Å². The van der Waals surface area contributed by atoms with Crippen LogP contribution in [0.3, 0.4) is 0 Å². The molecule has 19 heavy (non-hydrogen) atoms. The third-order valence-corrected chi connectivity index (χ3v) is 3.57. The smallest absolute Gasteiger partial charge is 0.181 e. The zero-order valence-corrected chi connectivity index (χ0v) is 12.4. The lowest BCUT2D eigenvalue weighted by Crippen LogP contribution is -2.09. The second-order valence-corrected chi connectivity index (χ2v) is 5.46. The van der Waals surface area contributed by atoms with Gasteiger partial charge in [0.2, 0.25) is 0 Å². The zero-order chi connectivity index (χ0) is 14.0. The molecule has 2 aromatic rings. The fourth-order valence-corrected chi connectivity index (χ4v) is 2.62. The summed E-state index contributed by atoms with van der Waals surface area (Å²) in [5, 5.41) is 3.47. The maximum absolute atomic E-state index is 13.6. The van der Waals surface area contributed by atoms with Gasteiger partial charge < -0.3 is 5.32 Å². The number of nitrogens with one attached hydrogen (secondary N) is 1. The summed E-state index contributed by atoms with van der Waals surface area (Å²) in [6, 6.07) is 9.23. The quantitative estimate of drug-likeness (QED) is 0.768. The zero-order valence-electron chi connectivity index (χ0n) is 10.1. The summed E-state index contributed by atoms with van der Waals surface area (Å²) in [7, 11) is 0. The number of rotatable bonds is 3. The van der Waals surface area contributed by atoms with Crippen molar-refractivity contribution in [2.24, 2.45) is 0 Å². The van der Waals surface area contributed by atoms with Crippen LogP contribution in [-0.4, -0.2) is 0 Å². The molecule has 0 fully saturated rings. The van der Waals surface area contributed by atoms with Gasteiger partial charge >= 0.3 is 0 Å². The highest BCUT2D eigenvalue weighted by Gasteiger charge is 2.13. The molecule has 0 aliphatic rings. The van der Waals surface area contributed by atoms with E-state index in [4.69, 9.17) is 11.6 Å². The van der Waals surface area contributed by atoms with Gasteiger partial charge in [-0.1, -0.05) is 39.7 Å². The van der Waals surface area contributed by atoms with Crippen molar-refractivity contribution in [3.05, 3.63) is 63.1 Å². The molecule has 0 radical (unpaired) electrons. The normalized spacial score (nSPS) is 12.3. The Morgan fingerprint density at radius 1 is 1.21 bits per heavy atom. The molecule has 0 bridgehead atoms. The molecule has 100 valence electrons. The van der Waals surface area contributed by atoms with Gasteiger partial charge in [0.05, 0.1) is 11.7 Å². The second kappa shape index (κ2) is 5.88. The van der Waals surface area contributed by atoms with Crippen LogP contribution in [0.25, 0.3) is 0 Å².